The van der Waals surface area contributed by atoms with E-state index in [-0.39, 0.29) is 18.0 Å². The van der Waals surface area contributed by atoms with Crippen molar-refractivity contribution in [2.24, 2.45) is 5.73 Å². The monoisotopic (exact) mass is 283 g/mol. The number of unbranched alkanes of at least 4 members (excludes halogenated alkanes) is 1. The van der Waals surface area contributed by atoms with Gasteiger partial charge in [0.2, 0.25) is 0 Å². The number of nitrogens with two attached hydrogens (primary N) is 1. The van der Waals surface area contributed by atoms with E-state index in [2.05, 4.69) is 0 Å². The van der Waals surface area contributed by atoms with Gasteiger partial charge in [0, 0.05) is 11.6 Å². The Labute approximate surface area is 110 Å². The van der Waals surface area contributed by atoms with E-state index in [0.29, 0.717) is 18.9 Å². The van der Waals surface area contributed by atoms with Gasteiger partial charge in [-0.1, -0.05) is 19.8 Å². The second-order valence-corrected chi connectivity index (χ2v) is 4.03. The molecule has 0 saturated carbocycles. The van der Waals surface area contributed by atoms with Crippen LogP contribution in [0.4, 0.5) is 13.2 Å². The first kappa shape index (κ1) is 17.2. The van der Waals surface area contributed by atoms with E-state index in [9.17, 15) is 18.3 Å². The zero-order valence-electron chi connectivity index (χ0n) is 10.00. The molecular formula is C12H17ClF3NO. The molecule has 1 aromatic rings. The van der Waals surface area contributed by atoms with Crippen LogP contribution in [0.25, 0.3) is 0 Å². The van der Waals surface area contributed by atoms with Gasteiger partial charge >= 0.3 is 0 Å². The van der Waals surface area contributed by atoms with E-state index in [0.717, 1.165) is 12.5 Å². The summed E-state index contributed by atoms with van der Waals surface area (Å²) < 4.78 is 39.3. The van der Waals surface area contributed by atoms with E-state index in [1.54, 1.807) is 0 Å². The first-order valence-electron chi connectivity index (χ1n) is 5.55. The summed E-state index contributed by atoms with van der Waals surface area (Å²) in [6.45, 7) is 1.93. The molecule has 3 N–H and O–H groups in total. The van der Waals surface area contributed by atoms with Crippen LogP contribution in [-0.2, 0) is 0 Å². The molecule has 104 valence electrons. The summed E-state index contributed by atoms with van der Waals surface area (Å²) in [6, 6.07) is 0.147. The van der Waals surface area contributed by atoms with Crippen LogP contribution in [0.15, 0.2) is 12.1 Å². The fourth-order valence-electron chi connectivity index (χ4n) is 1.62. The standard InChI is InChI=1S/C12H16F3NO.ClH/c1-2-3-4-10(17)12(16)8-5-7(13)6-9(14)11(8)15;/h5-6,10,12,17H,2-4,16H2,1H3;1H/t10-,12+;/m1./s1. The molecule has 0 saturated heterocycles. The Morgan fingerprint density at radius 3 is 2.44 bits per heavy atom. The summed E-state index contributed by atoms with van der Waals surface area (Å²) in [7, 11) is 0. The number of benzene rings is 1. The van der Waals surface area contributed by atoms with E-state index < -0.39 is 29.6 Å². The maximum atomic E-state index is 13.4. The van der Waals surface area contributed by atoms with Gasteiger partial charge in [-0.3, -0.25) is 0 Å². The molecule has 1 rings (SSSR count). The number of rotatable bonds is 5. The number of hydrogen-bond acceptors (Lipinski definition) is 2. The van der Waals surface area contributed by atoms with Crippen LogP contribution in [0.2, 0.25) is 0 Å². The Morgan fingerprint density at radius 2 is 1.89 bits per heavy atom. The van der Waals surface area contributed by atoms with Crippen LogP contribution in [0, 0.1) is 17.5 Å². The van der Waals surface area contributed by atoms with Gasteiger partial charge < -0.3 is 10.8 Å². The van der Waals surface area contributed by atoms with Gasteiger partial charge in [0.25, 0.3) is 0 Å². The average Bonchev–Trinajstić information content (AvgIpc) is 2.29. The lowest BCUT2D eigenvalue weighted by molar-refractivity contribution is 0.130. The van der Waals surface area contributed by atoms with Crippen LogP contribution in [0.3, 0.4) is 0 Å². The van der Waals surface area contributed by atoms with Crippen molar-refractivity contribution in [3.05, 3.63) is 35.1 Å². The fraction of sp³-hybridized carbons (Fsp3) is 0.500. The molecule has 0 radical (unpaired) electrons. The SMILES string of the molecule is CCCC[C@@H](O)[C@@H](N)c1cc(F)cc(F)c1F.Cl. The van der Waals surface area contributed by atoms with Crippen LogP contribution >= 0.6 is 12.4 Å². The smallest absolute Gasteiger partial charge is 0.163 e. The molecular weight excluding hydrogens is 267 g/mol. The van der Waals surface area contributed by atoms with Crippen molar-refractivity contribution in [1.29, 1.82) is 0 Å². The topological polar surface area (TPSA) is 46.2 Å². The number of aliphatic hydroxyl groups excluding tert-OH is 1. The minimum Gasteiger partial charge on any atom is -0.391 e. The molecule has 0 aliphatic heterocycles. The summed E-state index contributed by atoms with van der Waals surface area (Å²) in [5, 5.41) is 9.67. The summed E-state index contributed by atoms with van der Waals surface area (Å²) in [4.78, 5) is 0. The van der Waals surface area contributed by atoms with Crippen LogP contribution in [0.1, 0.15) is 37.8 Å². The molecule has 0 aliphatic carbocycles. The first-order valence-corrected chi connectivity index (χ1v) is 5.55. The summed E-state index contributed by atoms with van der Waals surface area (Å²) in [5.74, 6) is -3.40. The lowest BCUT2D eigenvalue weighted by Crippen LogP contribution is -2.27. The van der Waals surface area contributed by atoms with Gasteiger partial charge in [-0.2, -0.15) is 0 Å². The molecule has 0 fully saturated rings. The largest absolute Gasteiger partial charge is 0.391 e. The number of aliphatic hydroxyl groups is 1. The maximum absolute atomic E-state index is 13.4. The fourth-order valence-corrected chi connectivity index (χ4v) is 1.62. The predicted octanol–water partition coefficient (Wildman–Crippen LogP) is 3.08. The van der Waals surface area contributed by atoms with Gasteiger partial charge in [0.1, 0.15) is 5.82 Å². The van der Waals surface area contributed by atoms with Gasteiger partial charge in [0.15, 0.2) is 11.6 Å². The molecule has 0 heterocycles. The third kappa shape index (κ3) is 4.15. The number of halogens is 4. The average molecular weight is 284 g/mol. The van der Waals surface area contributed by atoms with Crippen LogP contribution < -0.4 is 5.73 Å². The van der Waals surface area contributed by atoms with Crippen molar-refractivity contribution in [1.82, 2.24) is 0 Å². The molecule has 2 atom stereocenters. The van der Waals surface area contributed by atoms with Crippen molar-refractivity contribution < 1.29 is 18.3 Å². The van der Waals surface area contributed by atoms with E-state index >= 15 is 0 Å². The summed E-state index contributed by atoms with van der Waals surface area (Å²) in [5.41, 5.74) is 5.27. The lowest BCUT2D eigenvalue weighted by atomic mass is 9.97. The molecule has 0 aliphatic rings. The Bertz CT molecular complexity index is 390. The number of hydrogen-bond donors (Lipinski definition) is 2. The Hall–Kier alpha value is -0.780. The molecule has 0 unspecified atom stereocenters. The van der Waals surface area contributed by atoms with Gasteiger partial charge in [-0.25, -0.2) is 13.2 Å². The molecule has 18 heavy (non-hydrogen) atoms. The van der Waals surface area contributed by atoms with E-state index in [1.165, 1.54) is 0 Å². The van der Waals surface area contributed by atoms with Gasteiger partial charge in [-0.05, 0) is 12.5 Å². The molecule has 2 nitrogen and oxygen atoms in total. The zero-order chi connectivity index (χ0) is 13.0. The Balaban J connectivity index is 0.00000289. The predicted molar refractivity (Wildman–Crippen MR) is 66.0 cm³/mol. The summed E-state index contributed by atoms with van der Waals surface area (Å²) in [6.07, 6.45) is 0.929. The lowest BCUT2D eigenvalue weighted by Gasteiger charge is -2.19. The van der Waals surface area contributed by atoms with Gasteiger partial charge in [0.05, 0.1) is 12.1 Å². The highest BCUT2D eigenvalue weighted by Crippen LogP contribution is 2.23. The third-order valence-electron chi connectivity index (χ3n) is 2.65. The Morgan fingerprint density at radius 1 is 1.28 bits per heavy atom. The van der Waals surface area contributed by atoms with Crippen LogP contribution in [-0.4, -0.2) is 11.2 Å². The highest BCUT2D eigenvalue weighted by atomic mass is 35.5. The molecule has 0 bridgehead atoms. The molecule has 0 spiro atoms. The molecule has 6 heteroatoms. The third-order valence-corrected chi connectivity index (χ3v) is 2.65. The van der Waals surface area contributed by atoms with E-state index in [4.69, 9.17) is 5.73 Å². The van der Waals surface area contributed by atoms with Crippen molar-refractivity contribution >= 4 is 12.4 Å². The normalized spacial score (nSPS) is 13.9. The second-order valence-electron chi connectivity index (χ2n) is 4.03. The molecule has 0 aromatic heterocycles. The zero-order valence-corrected chi connectivity index (χ0v) is 10.8. The highest BCUT2D eigenvalue weighted by Gasteiger charge is 2.22. The Kier molecular flexibility index (Phi) is 7.28. The highest BCUT2D eigenvalue weighted by molar-refractivity contribution is 5.85. The van der Waals surface area contributed by atoms with Gasteiger partial charge in [-0.15, -0.1) is 12.4 Å². The van der Waals surface area contributed by atoms with Crippen molar-refractivity contribution in [2.75, 3.05) is 0 Å². The van der Waals surface area contributed by atoms with Crippen molar-refractivity contribution in [2.45, 2.75) is 38.3 Å². The first-order chi connectivity index (χ1) is 7.97. The minimum absolute atomic E-state index is 0. The maximum Gasteiger partial charge on any atom is 0.163 e. The molecule has 1 aromatic carbocycles. The van der Waals surface area contributed by atoms with Crippen molar-refractivity contribution in [3.63, 3.8) is 0 Å². The minimum atomic E-state index is -1.29. The van der Waals surface area contributed by atoms with E-state index in [1.807, 2.05) is 6.92 Å². The molecule has 0 amide bonds. The quantitative estimate of drug-likeness (QED) is 0.816. The van der Waals surface area contributed by atoms with Crippen LogP contribution in [0.5, 0.6) is 0 Å². The second kappa shape index (κ2) is 7.61. The summed E-state index contributed by atoms with van der Waals surface area (Å²) >= 11 is 0. The van der Waals surface area contributed by atoms with Crippen molar-refractivity contribution in [3.8, 4) is 0 Å².